The Hall–Kier alpha value is -3.21. The lowest BCUT2D eigenvalue weighted by molar-refractivity contribution is -0.147. The Bertz CT molecular complexity index is 1440. The second kappa shape index (κ2) is 8.72. The molecule has 4 aromatic heterocycles. The number of aryl methyl sites for hydroxylation is 1. The van der Waals surface area contributed by atoms with Gasteiger partial charge in [-0.05, 0) is 43.4 Å². The minimum atomic E-state index is -4.26. The normalized spacial score (nSPS) is 17.7. The summed E-state index contributed by atoms with van der Waals surface area (Å²) in [5.41, 5.74) is 5.90. The average molecular weight is 504 g/mol. The molecule has 1 aliphatic heterocycles. The molecule has 5 heterocycles. The SMILES string of the molecule is Cc1c(-c2[nH]c3cnc(N4CCN(CC(F)(F)F)C[C@H]4C)c(F)c3c2C(C)C)cn2ncnc2c1C. The summed E-state index contributed by atoms with van der Waals surface area (Å²) in [5, 5.41) is 4.75. The number of halogens is 4. The van der Waals surface area contributed by atoms with Gasteiger partial charge >= 0.3 is 6.18 Å². The van der Waals surface area contributed by atoms with E-state index in [2.05, 4.69) is 20.1 Å². The molecule has 11 heteroatoms. The summed E-state index contributed by atoms with van der Waals surface area (Å²) >= 11 is 0. The number of H-pyrrole nitrogens is 1. The summed E-state index contributed by atoms with van der Waals surface area (Å²) in [4.78, 5) is 15.3. The smallest absolute Gasteiger partial charge is 0.353 e. The molecule has 0 saturated carbocycles. The third-order valence-corrected chi connectivity index (χ3v) is 7.16. The number of nitrogens with zero attached hydrogens (tertiary/aromatic N) is 6. The van der Waals surface area contributed by atoms with Crippen LogP contribution in [0.5, 0.6) is 0 Å². The van der Waals surface area contributed by atoms with E-state index in [9.17, 15) is 13.2 Å². The number of alkyl halides is 3. The number of fused-ring (bicyclic) bond motifs is 2. The zero-order valence-corrected chi connectivity index (χ0v) is 20.9. The molecule has 1 aliphatic rings. The third kappa shape index (κ3) is 4.08. The van der Waals surface area contributed by atoms with Crippen molar-refractivity contribution < 1.29 is 17.6 Å². The highest BCUT2D eigenvalue weighted by Gasteiger charge is 2.35. The molecule has 0 unspecified atom stereocenters. The van der Waals surface area contributed by atoms with E-state index >= 15 is 4.39 Å². The number of hydrogen-bond acceptors (Lipinski definition) is 5. The molecule has 36 heavy (non-hydrogen) atoms. The first-order valence-corrected chi connectivity index (χ1v) is 12.0. The molecule has 4 aromatic rings. The number of nitrogens with one attached hydrogen (secondary N) is 1. The Morgan fingerprint density at radius 2 is 1.89 bits per heavy atom. The quantitative estimate of drug-likeness (QED) is 0.387. The average Bonchev–Trinajstić information content (AvgIpc) is 3.41. The number of anilines is 1. The van der Waals surface area contributed by atoms with Crippen LogP contribution in [0.2, 0.25) is 0 Å². The molecule has 1 saturated heterocycles. The fraction of sp³-hybridized carbons (Fsp3) is 0.480. The van der Waals surface area contributed by atoms with E-state index in [1.54, 1.807) is 22.5 Å². The molecular weight excluding hydrogens is 474 g/mol. The van der Waals surface area contributed by atoms with Crippen molar-refractivity contribution in [3.63, 3.8) is 0 Å². The summed E-state index contributed by atoms with van der Waals surface area (Å²) < 4.78 is 56.5. The van der Waals surface area contributed by atoms with Crippen LogP contribution in [0.3, 0.4) is 0 Å². The van der Waals surface area contributed by atoms with Crippen LogP contribution >= 0.6 is 0 Å². The zero-order chi connectivity index (χ0) is 25.9. The second-order valence-electron chi connectivity index (χ2n) is 9.97. The number of aromatic amines is 1. The van der Waals surface area contributed by atoms with E-state index in [4.69, 9.17) is 0 Å². The van der Waals surface area contributed by atoms with Gasteiger partial charge in [0.15, 0.2) is 17.3 Å². The van der Waals surface area contributed by atoms with Gasteiger partial charge in [0, 0.05) is 42.8 Å². The van der Waals surface area contributed by atoms with E-state index < -0.39 is 18.5 Å². The fourth-order valence-corrected chi connectivity index (χ4v) is 5.35. The Kier molecular flexibility index (Phi) is 5.93. The molecule has 1 fully saturated rings. The minimum Gasteiger partial charge on any atom is -0.353 e. The van der Waals surface area contributed by atoms with Gasteiger partial charge in [-0.15, -0.1) is 0 Å². The van der Waals surface area contributed by atoms with Gasteiger partial charge in [-0.25, -0.2) is 18.9 Å². The highest BCUT2D eigenvalue weighted by molar-refractivity contribution is 5.94. The Labute approximate surface area is 206 Å². The molecule has 0 spiro atoms. The van der Waals surface area contributed by atoms with Gasteiger partial charge in [-0.1, -0.05) is 13.8 Å². The van der Waals surface area contributed by atoms with Gasteiger partial charge in [-0.3, -0.25) is 4.90 Å². The maximum absolute atomic E-state index is 16.2. The highest BCUT2D eigenvalue weighted by atomic mass is 19.4. The predicted octanol–water partition coefficient (Wildman–Crippen LogP) is 5.22. The molecule has 192 valence electrons. The van der Waals surface area contributed by atoms with Crippen LogP contribution in [0.1, 0.15) is 43.4 Å². The third-order valence-electron chi connectivity index (χ3n) is 7.16. The molecule has 0 bridgehead atoms. The van der Waals surface area contributed by atoms with Crippen LogP contribution in [0.15, 0.2) is 18.7 Å². The van der Waals surface area contributed by atoms with E-state index in [1.165, 1.54) is 11.2 Å². The first-order chi connectivity index (χ1) is 17.0. The van der Waals surface area contributed by atoms with Crippen molar-refractivity contribution in [3.05, 3.63) is 41.2 Å². The second-order valence-corrected chi connectivity index (χ2v) is 9.97. The van der Waals surface area contributed by atoms with Crippen molar-refractivity contribution in [2.24, 2.45) is 0 Å². The van der Waals surface area contributed by atoms with Crippen LogP contribution < -0.4 is 4.90 Å². The van der Waals surface area contributed by atoms with Crippen LogP contribution in [0.4, 0.5) is 23.4 Å². The number of piperazine rings is 1. The van der Waals surface area contributed by atoms with Crippen molar-refractivity contribution in [3.8, 4) is 11.3 Å². The first kappa shape index (κ1) is 24.5. The molecular formula is C25H29F4N7. The molecule has 1 atom stereocenters. The van der Waals surface area contributed by atoms with Gasteiger partial charge < -0.3 is 9.88 Å². The van der Waals surface area contributed by atoms with Gasteiger partial charge in [-0.2, -0.15) is 18.3 Å². The van der Waals surface area contributed by atoms with E-state index in [1.807, 2.05) is 33.9 Å². The van der Waals surface area contributed by atoms with Crippen molar-refractivity contribution in [1.29, 1.82) is 0 Å². The summed E-state index contributed by atoms with van der Waals surface area (Å²) in [6, 6.07) is -0.318. The fourth-order valence-electron chi connectivity index (χ4n) is 5.35. The Balaban J connectivity index is 1.60. The maximum atomic E-state index is 16.2. The lowest BCUT2D eigenvalue weighted by atomic mass is 9.94. The molecule has 0 aliphatic carbocycles. The lowest BCUT2D eigenvalue weighted by Gasteiger charge is -2.40. The van der Waals surface area contributed by atoms with Crippen molar-refractivity contribution in [2.45, 2.75) is 52.8 Å². The first-order valence-electron chi connectivity index (χ1n) is 12.0. The Morgan fingerprint density at radius 3 is 2.56 bits per heavy atom. The zero-order valence-electron chi connectivity index (χ0n) is 20.9. The highest BCUT2D eigenvalue weighted by Crippen LogP contribution is 2.40. The molecule has 0 radical (unpaired) electrons. The number of pyridine rings is 2. The minimum absolute atomic E-state index is 0.00861. The van der Waals surface area contributed by atoms with Gasteiger partial charge in [0.2, 0.25) is 0 Å². The summed E-state index contributed by atoms with van der Waals surface area (Å²) in [5.74, 6) is -0.287. The number of aromatic nitrogens is 5. The lowest BCUT2D eigenvalue weighted by Crippen LogP contribution is -2.54. The van der Waals surface area contributed by atoms with Gasteiger partial charge in [0.25, 0.3) is 0 Å². The van der Waals surface area contributed by atoms with E-state index in [-0.39, 0.29) is 37.4 Å². The molecule has 1 N–H and O–H groups in total. The van der Waals surface area contributed by atoms with Gasteiger partial charge in [0.05, 0.1) is 24.0 Å². The topological polar surface area (TPSA) is 65.4 Å². The van der Waals surface area contributed by atoms with E-state index in [0.29, 0.717) is 10.9 Å². The van der Waals surface area contributed by atoms with Gasteiger partial charge in [0.1, 0.15) is 6.33 Å². The number of rotatable bonds is 4. The van der Waals surface area contributed by atoms with Crippen molar-refractivity contribution in [2.75, 3.05) is 31.1 Å². The van der Waals surface area contributed by atoms with Crippen molar-refractivity contribution in [1.82, 2.24) is 29.5 Å². The largest absolute Gasteiger partial charge is 0.401 e. The Morgan fingerprint density at radius 1 is 1.14 bits per heavy atom. The number of hydrogen-bond donors (Lipinski definition) is 1. The van der Waals surface area contributed by atoms with Crippen LogP contribution in [0, 0.1) is 19.7 Å². The van der Waals surface area contributed by atoms with Crippen LogP contribution in [-0.2, 0) is 0 Å². The summed E-state index contributed by atoms with van der Waals surface area (Å²) in [7, 11) is 0. The molecule has 0 aromatic carbocycles. The molecule has 7 nitrogen and oxygen atoms in total. The van der Waals surface area contributed by atoms with E-state index in [0.717, 1.165) is 33.6 Å². The standard InChI is InChI=1S/C25H29F4N7/c1-13(2)19-20-18(33-22(19)17-10-36-23(31-12-32-36)16(5)15(17)4)8-30-24(21(20)26)35-7-6-34(9-14(35)3)11-25(27,28)29/h8,10,12-14,33H,6-7,9,11H2,1-5H3/t14-/m1/s1. The summed E-state index contributed by atoms with van der Waals surface area (Å²) in [6.45, 7) is 9.51. The maximum Gasteiger partial charge on any atom is 0.401 e. The van der Waals surface area contributed by atoms with Crippen molar-refractivity contribution >= 4 is 22.4 Å². The van der Waals surface area contributed by atoms with Crippen LogP contribution in [0.25, 0.3) is 27.8 Å². The van der Waals surface area contributed by atoms with Crippen LogP contribution in [-0.4, -0.2) is 67.9 Å². The monoisotopic (exact) mass is 503 g/mol. The predicted molar refractivity (Wildman–Crippen MR) is 131 cm³/mol. The summed E-state index contributed by atoms with van der Waals surface area (Å²) in [6.07, 6.45) is 0.763. The molecule has 0 amide bonds. The molecule has 5 rings (SSSR count).